The van der Waals surface area contributed by atoms with Gasteiger partial charge in [-0.1, -0.05) is 12.8 Å². The molecule has 0 bridgehead atoms. The van der Waals surface area contributed by atoms with Gasteiger partial charge in [0.1, 0.15) is 6.79 Å². The normalized spacial score (nSPS) is 15.2. The van der Waals surface area contributed by atoms with E-state index in [2.05, 4.69) is 0 Å². The molecule has 2 amide bonds. The third kappa shape index (κ3) is 4.12. The lowest BCUT2D eigenvalue weighted by Gasteiger charge is -2.12. The first-order chi connectivity index (χ1) is 7.75. The maximum atomic E-state index is 11.2. The van der Waals surface area contributed by atoms with E-state index in [0.717, 1.165) is 25.7 Å². The summed E-state index contributed by atoms with van der Waals surface area (Å²) < 4.78 is 4.77. The standard InChI is InChI=1S/C11H17NO4/c13-9-16-8-4-2-1-3-7-12-10(14)5-6-11(12)15/h5-6,13H,1-4,7-9H2. The van der Waals surface area contributed by atoms with Crippen LogP contribution in [0.15, 0.2) is 12.2 Å². The first-order valence-corrected chi connectivity index (χ1v) is 5.48. The van der Waals surface area contributed by atoms with Gasteiger partial charge >= 0.3 is 0 Å². The van der Waals surface area contributed by atoms with Gasteiger partial charge < -0.3 is 9.84 Å². The van der Waals surface area contributed by atoms with Gasteiger partial charge in [-0.25, -0.2) is 0 Å². The number of aliphatic hydroxyl groups is 1. The van der Waals surface area contributed by atoms with Gasteiger partial charge in [0, 0.05) is 25.3 Å². The van der Waals surface area contributed by atoms with Crippen LogP contribution in [0.25, 0.3) is 0 Å². The second kappa shape index (κ2) is 7.14. The molecule has 0 atom stereocenters. The van der Waals surface area contributed by atoms with E-state index in [0.29, 0.717) is 13.2 Å². The second-order valence-corrected chi connectivity index (χ2v) is 3.61. The molecule has 5 heteroatoms. The molecule has 1 N–H and O–H groups in total. The Labute approximate surface area is 94.7 Å². The molecule has 1 heterocycles. The largest absolute Gasteiger partial charge is 0.371 e. The number of hydrogen-bond acceptors (Lipinski definition) is 4. The number of carbonyl (C=O) groups excluding carboxylic acids is 2. The highest BCUT2D eigenvalue weighted by Crippen LogP contribution is 2.07. The van der Waals surface area contributed by atoms with E-state index in [1.54, 1.807) is 0 Å². The Bertz CT molecular complexity index is 257. The molecular weight excluding hydrogens is 210 g/mol. The summed E-state index contributed by atoms with van der Waals surface area (Å²) >= 11 is 0. The molecule has 1 aliphatic rings. The van der Waals surface area contributed by atoms with Crippen LogP contribution in [-0.4, -0.2) is 41.8 Å². The lowest BCUT2D eigenvalue weighted by molar-refractivity contribution is -0.136. The maximum absolute atomic E-state index is 11.2. The van der Waals surface area contributed by atoms with E-state index in [-0.39, 0.29) is 18.6 Å². The number of unbranched alkanes of at least 4 members (excludes halogenated alkanes) is 3. The van der Waals surface area contributed by atoms with Crippen LogP contribution in [0.3, 0.4) is 0 Å². The Kier molecular flexibility index (Phi) is 5.74. The van der Waals surface area contributed by atoms with Gasteiger partial charge in [0.2, 0.25) is 0 Å². The zero-order valence-corrected chi connectivity index (χ0v) is 9.22. The third-order valence-electron chi connectivity index (χ3n) is 2.41. The molecule has 0 fully saturated rings. The molecule has 0 saturated heterocycles. The van der Waals surface area contributed by atoms with Crippen LogP contribution in [-0.2, 0) is 14.3 Å². The first-order valence-electron chi connectivity index (χ1n) is 5.48. The van der Waals surface area contributed by atoms with Crippen molar-refractivity contribution >= 4 is 11.8 Å². The summed E-state index contributed by atoms with van der Waals surface area (Å²) in [5, 5.41) is 8.36. The Morgan fingerprint density at radius 2 is 1.69 bits per heavy atom. The van der Waals surface area contributed by atoms with Crippen LogP contribution in [0.1, 0.15) is 25.7 Å². The van der Waals surface area contributed by atoms with Crippen molar-refractivity contribution < 1.29 is 19.4 Å². The van der Waals surface area contributed by atoms with Crippen molar-refractivity contribution in [2.45, 2.75) is 25.7 Å². The fourth-order valence-electron chi connectivity index (χ4n) is 1.54. The van der Waals surface area contributed by atoms with Crippen LogP contribution in [0.5, 0.6) is 0 Å². The zero-order valence-electron chi connectivity index (χ0n) is 9.22. The van der Waals surface area contributed by atoms with Gasteiger partial charge in [0.15, 0.2) is 0 Å². The van der Waals surface area contributed by atoms with Gasteiger partial charge in [0.05, 0.1) is 0 Å². The number of hydrogen-bond donors (Lipinski definition) is 1. The summed E-state index contributed by atoms with van der Waals surface area (Å²) in [6.07, 6.45) is 6.24. The highest BCUT2D eigenvalue weighted by molar-refractivity contribution is 6.12. The van der Waals surface area contributed by atoms with Crippen molar-refractivity contribution in [3.05, 3.63) is 12.2 Å². The smallest absolute Gasteiger partial charge is 0.253 e. The first kappa shape index (κ1) is 12.9. The number of amides is 2. The van der Waals surface area contributed by atoms with Gasteiger partial charge in [0.25, 0.3) is 11.8 Å². The monoisotopic (exact) mass is 227 g/mol. The van der Waals surface area contributed by atoms with Crippen LogP contribution in [0.4, 0.5) is 0 Å². The molecule has 1 aliphatic heterocycles. The van der Waals surface area contributed by atoms with Gasteiger partial charge in [-0.3, -0.25) is 14.5 Å². The van der Waals surface area contributed by atoms with E-state index < -0.39 is 0 Å². The molecule has 0 radical (unpaired) electrons. The van der Waals surface area contributed by atoms with Crippen molar-refractivity contribution in [3.63, 3.8) is 0 Å². The molecule has 0 aliphatic carbocycles. The lowest BCUT2D eigenvalue weighted by Crippen LogP contribution is -2.30. The lowest BCUT2D eigenvalue weighted by atomic mass is 10.2. The van der Waals surface area contributed by atoms with E-state index in [4.69, 9.17) is 9.84 Å². The Hall–Kier alpha value is -1.20. The van der Waals surface area contributed by atoms with Crippen molar-refractivity contribution in [2.24, 2.45) is 0 Å². The maximum Gasteiger partial charge on any atom is 0.253 e. The number of aliphatic hydroxyl groups excluding tert-OH is 1. The molecule has 0 unspecified atom stereocenters. The quantitative estimate of drug-likeness (QED) is 0.371. The van der Waals surface area contributed by atoms with Crippen LogP contribution in [0.2, 0.25) is 0 Å². The van der Waals surface area contributed by atoms with Gasteiger partial charge in [-0.2, -0.15) is 0 Å². The zero-order chi connectivity index (χ0) is 11.8. The van der Waals surface area contributed by atoms with Crippen molar-refractivity contribution in [3.8, 4) is 0 Å². The van der Waals surface area contributed by atoms with Crippen LogP contribution >= 0.6 is 0 Å². The minimum atomic E-state index is -0.234. The summed E-state index contributed by atoms with van der Waals surface area (Å²) in [5.74, 6) is -0.428. The predicted octanol–water partition coefficient (Wildman–Crippen LogP) is 0.438. The molecule has 0 aromatic carbocycles. The Morgan fingerprint density at radius 3 is 2.31 bits per heavy atom. The van der Waals surface area contributed by atoms with Crippen molar-refractivity contribution in [2.75, 3.05) is 19.9 Å². The summed E-state index contributed by atoms with van der Waals surface area (Å²) in [7, 11) is 0. The van der Waals surface area contributed by atoms with E-state index in [1.165, 1.54) is 17.1 Å². The van der Waals surface area contributed by atoms with Gasteiger partial charge in [-0.05, 0) is 12.8 Å². The topological polar surface area (TPSA) is 66.8 Å². The highest BCUT2D eigenvalue weighted by Gasteiger charge is 2.21. The minimum absolute atomic E-state index is 0.214. The molecule has 0 saturated carbocycles. The van der Waals surface area contributed by atoms with E-state index >= 15 is 0 Å². The number of carbonyl (C=O) groups is 2. The Balaban J connectivity index is 1.99. The number of imide groups is 1. The van der Waals surface area contributed by atoms with Crippen LogP contribution < -0.4 is 0 Å². The highest BCUT2D eigenvalue weighted by atomic mass is 16.6. The molecule has 1 rings (SSSR count). The van der Waals surface area contributed by atoms with Gasteiger partial charge in [-0.15, -0.1) is 0 Å². The molecule has 16 heavy (non-hydrogen) atoms. The van der Waals surface area contributed by atoms with E-state index in [1.807, 2.05) is 0 Å². The Morgan fingerprint density at radius 1 is 1.06 bits per heavy atom. The molecule has 90 valence electrons. The fraction of sp³-hybridized carbons (Fsp3) is 0.636. The summed E-state index contributed by atoms with van der Waals surface area (Å²) in [5.41, 5.74) is 0. The number of rotatable bonds is 8. The number of ether oxygens (including phenoxy) is 1. The molecular formula is C11H17NO4. The summed E-state index contributed by atoms with van der Waals surface area (Å²) in [4.78, 5) is 23.6. The summed E-state index contributed by atoms with van der Waals surface area (Å²) in [6, 6.07) is 0. The average molecular weight is 227 g/mol. The van der Waals surface area contributed by atoms with E-state index in [9.17, 15) is 9.59 Å². The van der Waals surface area contributed by atoms with Crippen molar-refractivity contribution in [1.29, 1.82) is 0 Å². The molecule has 5 nitrogen and oxygen atoms in total. The number of nitrogens with zero attached hydrogens (tertiary/aromatic N) is 1. The fourth-order valence-corrected chi connectivity index (χ4v) is 1.54. The van der Waals surface area contributed by atoms with Crippen molar-refractivity contribution in [1.82, 2.24) is 4.90 Å². The SMILES string of the molecule is O=C1C=CC(=O)N1CCCCCCOCO. The second-order valence-electron chi connectivity index (χ2n) is 3.61. The minimum Gasteiger partial charge on any atom is -0.371 e. The average Bonchev–Trinajstić information content (AvgIpc) is 2.59. The molecule has 0 aromatic rings. The third-order valence-corrected chi connectivity index (χ3v) is 2.41. The summed E-state index contributed by atoms with van der Waals surface area (Å²) in [6.45, 7) is 0.813. The molecule has 0 spiro atoms. The predicted molar refractivity (Wildman–Crippen MR) is 57.4 cm³/mol. The van der Waals surface area contributed by atoms with Crippen LogP contribution in [0, 0.1) is 0 Å². The molecule has 0 aromatic heterocycles.